The van der Waals surface area contributed by atoms with Crippen molar-refractivity contribution in [2.24, 2.45) is 0 Å². The fourth-order valence-electron chi connectivity index (χ4n) is 1.36. The zero-order chi connectivity index (χ0) is 10.8. The normalized spacial score (nSPS) is 10.3. The first-order chi connectivity index (χ1) is 7.24. The molecule has 0 N–H and O–H groups in total. The molecule has 15 heavy (non-hydrogen) atoms. The van der Waals surface area contributed by atoms with Gasteiger partial charge in [0.25, 0.3) is 0 Å². The topological polar surface area (TPSA) is 43.1 Å². The summed E-state index contributed by atoms with van der Waals surface area (Å²) in [7, 11) is 0. The standard InChI is InChI=1S/C11H8BrNO2/c1-7-4-2-3-5-8(7)11-10(12)9(6-14)13-15-11/h2-6H,1H3. The first-order valence-electron chi connectivity index (χ1n) is 4.40. The minimum atomic E-state index is 0.285. The van der Waals surface area contributed by atoms with Crippen molar-refractivity contribution in [3.8, 4) is 11.3 Å². The number of benzene rings is 1. The Morgan fingerprint density at radius 2 is 2.13 bits per heavy atom. The summed E-state index contributed by atoms with van der Waals surface area (Å²) in [6.45, 7) is 1.98. The van der Waals surface area contributed by atoms with Gasteiger partial charge in [-0.15, -0.1) is 0 Å². The van der Waals surface area contributed by atoms with Crippen LogP contribution in [0.25, 0.3) is 11.3 Å². The Bertz CT molecular complexity index is 505. The first-order valence-corrected chi connectivity index (χ1v) is 5.19. The van der Waals surface area contributed by atoms with Crippen molar-refractivity contribution in [1.29, 1.82) is 0 Å². The first kappa shape index (κ1) is 10.1. The lowest BCUT2D eigenvalue weighted by atomic mass is 10.1. The summed E-state index contributed by atoms with van der Waals surface area (Å²) in [4.78, 5) is 10.6. The maximum Gasteiger partial charge on any atom is 0.182 e. The number of aldehydes is 1. The van der Waals surface area contributed by atoms with E-state index in [4.69, 9.17) is 4.52 Å². The lowest BCUT2D eigenvalue weighted by Gasteiger charge is -2.00. The van der Waals surface area contributed by atoms with E-state index in [1.165, 1.54) is 0 Å². The molecule has 0 unspecified atom stereocenters. The van der Waals surface area contributed by atoms with Crippen LogP contribution in [0.1, 0.15) is 16.1 Å². The summed E-state index contributed by atoms with van der Waals surface area (Å²) < 4.78 is 5.73. The lowest BCUT2D eigenvalue weighted by molar-refractivity contribution is 0.111. The molecule has 0 fully saturated rings. The quantitative estimate of drug-likeness (QED) is 0.784. The van der Waals surface area contributed by atoms with Crippen LogP contribution < -0.4 is 0 Å². The fraction of sp³-hybridized carbons (Fsp3) is 0.0909. The number of rotatable bonds is 2. The molecular formula is C11H8BrNO2. The minimum Gasteiger partial charge on any atom is -0.354 e. The van der Waals surface area contributed by atoms with Crippen molar-refractivity contribution in [1.82, 2.24) is 5.16 Å². The number of carbonyl (C=O) groups is 1. The molecule has 0 radical (unpaired) electrons. The van der Waals surface area contributed by atoms with Gasteiger partial charge < -0.3 is 4.52 Å². The smallest absolute Gasteiger partial charge is 0.182 e. The van der Waals surface area contributed by atoms with Crippen LogP contribution in [0.15, 0.2) is 33.3 Å². The molecule has 1 heterocycles. The third kappa shape index (κ3) is 1.72. The van der Waals surface area contributed by atoms with Crippen molar-refractivity contribution < 1.29 is 9.32 Å². The number of hydrogen-bond donors (Lipinski definition) is 0. The highest BCUT2D eigenvalue weighted by atomic mass is 79.9. The fourth-order valence-corrected chi connectivity index (χ4v) is 1.81. The van der Waals surface area contributed by atoms with E-state index < -0.39 is 0 Å². The van der Waals surface area contributed by atoms with Crippen molar-refractivity contribution in [3.63, 3.8) is 0 Å². The van der Waals surface area contributed by atoms with E-state index in [1.54, 1.807) is 0 Å². The Morgan fingerprint density at radius 3 is 2.73 bits per heavy atom. The van der Waals surface area contributed by atoms with Crippen molar-refractivity contribution in [2.45, 2.75) is 6.92 Å². The van der Waals surface area contributed by atoms with Gasteiger partial charge in [0.1, 0.15) is 0 Å². The molecule has 1 aromatic heterocycles. The van der Waals surface area contributed by atoms with E-state index in [9.17, 15) is 4.79 Å². The van der Waals surface area contributed by atoms with Crippen LogP contribution in [0.2, 0.25) is 0 Å². The highest BCUT2D eigenvalue weighted by Gasteiger charge is 2.15. The summed E-state index contributed by atoms with van der Waals surface area (Å²) in [6, 6.07) is 7.77. The number of halogens is 1. The van der Waals surface area contributed by atoms with Crippen LogP contribution in [0.5, 0.6) is 0 Å². The monoisotopic (exact) mass is 265 g/mol. The van der Waals surface area contributed by atoms with E-state index in [-0.39, 0.29) is 5.69 Å². The van der Waals surface area contributed by atoms with Crippen LogP contribution in [0.4, 0.5) is 0 Å². The van der Waals surface area contributed by atoms with Crippen molar-refractivity contribution in [2.75, 3.05) is 0 Å². The summed E-state index contributed by atoms with van der Waals surface area (Å²) >= 11 is 3.29. The Hall–Kier alpha value is -1.42. The number of carbonyl (C=O) groups excluding carboxylic acids is 1. The Labute approximate surface area is 95.2 Å². The molecule has 0 aliphatic carbocycles. The molecule has 0 bridgehead atoms. The molecule has 0 atom stereocenters. The number of aromatic nitrogens is 1. The maximum absolute atomic E-state index is 10.6. The summed E-state index contributed by atoms with van der Waals surface area (Å²) in [5.41, 5.74) is 2.30. The average molecular weight is 266 g/mol. The predicted octanol–water partition coefficient (Wildman–Crippen LogP) is 3.23. The van der Waals surface area contributed by atoms with Gasteiger partial charge in [0.05, 0.1) is 4.47 Å². The molecule has 0 saturated carbocycles. The lowest BCUT2D eigenvalue weighted by Crippen LogP contribution is -1.82. The van der Waals surface area contributed by atoms with Gasteiger partial charge in [-0.3, -0.25) is 4.79 Å². The van der Waals surface area contributed by atoms with Crippen molar-refractivity contribution in [3.05, 3.63) is 40.0 Å². The summed E-state index contributed by atoms with van der Waals surface area (Å²) in [5.74, 6) is 0.593. The van der Waals surface area contributed by atoms with Gasteiger partial charge in [0, 0.05) is 5.56 Å². The molecule has 3 nitrogen and oxygen atoms in total. The Kier molecular flexibility index (Phi) is 2.68. The highest BCUT2D eigenvalue weighted by molar-refractivity contribution is 9.10. The molecule has 0 saturated heterocycles. The zero-order valence-electron chi connectivity index (χ0n) is 8.03. The second-order valence-corrected chi connectivity index (χ2v) is 3.94. The summed E-state index contributed by atoms with van der Waals surface area (Å²) in [5, 5.41) is 3.66. The van der Waals surface area contributed by atoms with Crippen molar-refractivity contribution >= 4 is 22.2 Å². The van der Waals surface area contributed by atoms with Gasteiger partial charge in [-0.05, 0) is 28.4 Å². The number of hydrogen-bond acceptors (Lipinski definition) is 3. The van der Waals surface area contributed by atoms with Crippen LogP contribution >= 0.6 is 15.9 Å². The van der Waals surface area contributed by atoms with Gasteiger partial charge >= 0.3 is 0 Å². The van der Waals surface area contributed by atoms with Crippen LogP contribution in [0.3, 0.4) is 0 Å². The van der Waals surface area contributed by atoms with Crippen LogP contribution in [-0.2, 0) is 0 Å². The Balaban J connectivity index is 2.59. The van der Waals surface area contributed by atoms with E-state index in [0.29, 0.717) is 16.5 Å². The van der Waals surface area contributed by atoms with Gasteiger partial charge in [0.2, 0.25) is 0 Å². The molecule has 2 rings (SSSR count). The van der Waals surface area contributed by atoms with E-state index in [2.05, 4.69) is 21.1 Å². The third-order valence-electron chi connectivity index (χ3n) is 2.16. The number of aryl methyl sites for hydroxylation is 1. The minimum absolute atomic E-state index is 0.285. The van der Waals surface area contributed by atoms with Crippen LogP contribution in [-0.4, -0.2) is 11.4 Å². The molecule has 4 heteroatoms. The molecule has 76 valence electrons. The second kappa shape index (κ2) is 3.98. The summed E-state index contributed by atoms with van der Waals surface area (Å²) in [6.07, 6.45) is 0.662. The van der Waals surface area contributed by atoms with Gasteiger partial charge in [-0.1, -0.05) is 29.4 Å². The largest absolute Gasteiger partial charge is 0.354 e. The maximum atomic E-state index is 10.6. The zero-order valence-corrected chi connectivity index (χ0v) is 9.61. The SMILES string of the molecule is Cc1ccccc1-c1onc(C=O)c1Br. The van der Waals surface area contributed by atoms with Gasteiger partial charge in [-0.25, -0.2) is 0 Å². The predicted molar refractivity (Wildman–Crippen MR) is 59.8 cm³/mol. The molecule has 0 amide bonds. The molecule has 1 aromatic carbocycles. The Morgan fingerprint density at radius 1 is 1.40 bits per heavy atom. The molecule has 0 aliphatic heterocycles. The number of nitrogens with zero attached hydrogens (tertiary/aromatic N) is 1. The van der Waals surface area contributed by atoms with Crippen LogP contribution in [0, 0.1) is 6.92 Å². The van der Waals surface area contributed by atoms with E-state index >= 15 is 0 Å². The highest BCUT2D eigenvalue weighted by Crippen LogP contribution is 2.32. The van der Waals surface area contributed by atoms with E-state index in [0.717, 1.165) is 11.1 Å². The molecular weight excluding hydrogens is 258 g/mol. The molecule has 0 spiro atoms. The van der Waals surface area contributed by atoms with E-state index in [1.807, 2.05) is 31.2 Å². The average Bonchev–Trinajstić information content (AvgIpc) is 2.60. The molecule has 2 aromatic rings. The molecule has 0 aliphatic rings. The second-order valence-electron chi connectivity index (χ2n) is 3.14. The third-order valence-corrected chi connectivity index (χ3v) is 2.93. The van der Waals surface area contributed by atoms with Gasteiger partial charge in [-0.2, -0.15) is 0 Å². The van der Waals surface area contributed by atoms with Gasteiger partial charge in [0.15, 0.2) is 17.7 Å².